The van der Waals surface area contributed by atoms with Gasteiger partial charge in [0, 0.05) is 38.4 Å². The number of Topliss-reactive ketones (excluding diaryl/α,β-unsaturated/α-hetero) is 4. The van der Waals surface area contributed by atoms with E-state index in [9.17, 15) is 19.2 Å². The summed E-state index contributed by atoms with van der Waals surface area (Å²) in [7, 11) is 0. The highest BCUT2D eigenvalue weighted by atomic mass is 16.1. The standard InChI is InChI=1S/C36H46O2.C31H38O2/c1-21(2)9-7-15-35-29-19-27(33(29,35)5)25(31(35)37)17-23-11-13-24(14-12-23)18-26-28-20-30-34(28,6)36(30,32(26)38)16-8-10-22(3)4;1-6-13-30-15-12-23(28(30,3)4)21(26(30)32)16-19-8-10-20(11-9-19)17-22-24-18-25-29(24,5)31(25,14-7-2)27(22)33/h11-14,17-18,21-22,27-30H,7-10,15-16,19-20H2,1-6H3;8-11,16-17,23-25H,6-7,12-15,18H2,1-5H3/b25-17+,26-18+;21-16+,22-17+. The van der Waals surface area contributed by atoms with Gasteiger partial charge in [0.2, 0.25) is 0 Å². The number of carbonyl (C=O) groups excluding carboxylic acids is 4. The highest BCUT2D eigenvalue weighted by molar-refractivity contribution is 6.14. The van der Waals surface area contributed by atoms with E-state index in [1.165, 1.54) is 44.9 Å². The third-order valence-electron chi connectivity index (χ3n) is 24.5. The lowest BCUT2D eigenvalue weighted by Gasteiger charge is -2.35. The van der Waals surface area contributed by atoms with Crippen LogP contribution in [0.5, 0.6) is 0 Å². The minimum Gasteiger partial charge on any atom is -0.294 e. The van der Waals surface area contributed by atoms with Crippen LogP contribution in [0.25, 0.3) is 24.3 Å². The Balaban J connectivity index is 0.000000147. The minimum atomic E-state index is -0.155. The zero-order valence-electron chi connectivity index (χ0n) is 45.4. The van der Waals surface area contributed by atoms with E-state index < -0.39 is 0 Å². The van der Waals surface area contributed by atoms with Gasteiger partial charge in [0.15, 0.2) is 23.1 Å². The first-order chi connectivity index (χ1) is 33.7. The molecule has 2 aromatic carbocycles. The molecule has 2 aromatic rings. The van der Waals surface area contributed by atoms with Crippen molar-refractivity contribution in [1.29, 1.82) is 0 Å². The number of allylic oxidation sites excluding steroid dienone is 4. The minimum absolute atomic E-state index is 0.0357. The Morgan fingerprint density at radius 2 is 0.789 bits per heavy atom. The number of benzene rings is 2. The Morgan fingerprint density at radius 1 is 0.465 bits per heavy atom. The summed E-state index contributed by atoms with van der Waals surface area (Å²) in [5.74, 6) is 6.88. The molecular formula is C67H84O4. The molecule has 13 rings (SSSR count). The first-order valence-corrected chi connectivity index (χ1v) is 29.0. The summed E-state index contributed by atoms with van der Waals surface area (Å²) in [6.45, 7) is 25.3. The fraction of sp³-hybridized carbons (Fsp3) is 0.642. The molecule has 2 bridgehead atoms. The van der Waals surface area contributed by atoms with E-state index in [1.54, 1.807) is 0 Å². The van der Waals surface area contributed by atoms with Crippen LogP contribution < -0.4 is 0 Å². The molecule has 0 N–H and O–H groups in total. The quantitative estimate of drug-likeness (QED) is 0.157. The lowest BCUT2D eigenvalue weighted by atomic mass is 9.66. The molecule has 0 aliphatic heterocycles. The Hall–Kier alpha value is -3.92. The van der Waals surface area contributed by atoms with Crippen molar-refractivity contribution in [3.05, 3.63) is 93.1 Å². The summed E-state index contributed by atoms with van der Waals surface area (Å²) >= 11 is 0. The summed E-state index contributed by atoms with van der Waals surface area (Å²) in [4.78, 5) is 54.2. The Bertz CT molecular complexity index is 2680. The molecule has 0 radical (unpaired) electrons. The van der Waals surface area contributed by atoms with Gasteiger partial charge in [-0.05, 0) is 185 Å². The molecule has 11 saturated carbocycles. The van der Waals surface area contributed by atoms with Crippen LogP contribution in [-0.4, -0.2) is 23.1 Å². The molecule has 4 nitrogen and oxygen atoms in total. The van der Waals surface area contributed by atoms with Crippen molar-refractivity contribution in [1.82, 2.24) is 0 Å². The van der Waals surface area contributed by atoms with Crippen molar-refractivity contribution in [3.63, 3.8) is 0 Å². The summed E-state index contributed by atoms with van der Waals surface area (Å²) in [5, 5.41) is 0. The van der Waals surface area contributed by atoms with Crippen molar-refractivity contribution in [2.75, 3.05) is 0 Å². The molecule has 14 unspecified atom stereocenters. The smallest absolute Gasteiger partial charge is 0.166 e. The topological polar surface area (TPSA) is 68.3 Å². The second kappa shape index (κ2) is 15.6. The summed E-state index contributed by atoms with van der Waals surface area (Å²) < 4.78 is 0. The predicted octanol–water partition coefficient (Wildman–Crippen LogP) is 15.8. The number of carbonyl (C=O) groups is 4. The van der Waals surface area contributed by atoms with Gasteiger partial charge < -0.3 is 0 Å². The van der Waals surface area contributed by atoms with Gasteiger partial charge in [0.05, 0.1) is 0 Å². The zero-order valence-corrected chi connectivity index (χ0v) is 45.4. The van der Waals surface area contributed by atoms with Crippen LogP contribution in [0.4, 0.5) is 0 Å². The van der Waals surface area contributed by atoms with Gasteiger partial charge in [-0.1, -0.05) is 163 Å². The molecule has 11 aliphatic carbocycles. The van der Waals surface area contributed by atoms with Gasteiger partial charge in [-0.2, -0.15) is 0 Å². The number of hydrogen-bond donors (Lipinski definition) is 0. The van der Waals surface area contributed by atoms with Gasteiger partial charge in [0.1, 0.15) is 0 Å². The number of rotatable bonds is 16. The third kappa shape index (κ3) is 5.71. The lowest BCUT2D eigenvalue weighted by molar-refractivity contribution is -0.127. The molecule has 0 amide bonds. The van der Waals surface area contributed by atoms with Gasteiger partial charge >= 0.3 is 0 Å². The average Bonchev–Trinajstić information content (AvgIpc) is 3.89. The fourth-order valence-corrected chi connectivity index (χ4v) is 20.4. The Labute approximate surface area is 426 Å². The molecule has 11 aliphatic rings. The monoisotopic (exact) mass is 953 g/mol. The zero-order chi connectivity index (χ0) is 50.2. The Morgan fingerprint density at radius 3 is 1.11 bits per heavy atom. The maximum absolute atomic E-state index is 13.7. The summed E-state index contributed by atoms with van der Waals surface area (Å²) in [6, 6.07) is 17.2. The van der Waals surface area contributed by atoms with Crippen LogP contribution in [0, 0.1) is 96.6 Å². The molecule has 11 fully saturated rings. The third-order valence-corrected chi connectivity index (χ3v) is 24.5. The van der Waals surface area contributed by atoms with Crippen molar-refractivity contribution in [2.24, 2.45) is 96.6 Å². The highest BCUT2D eigenvalue weighted by Gasteiger charge is 2.91. The molecule has 376 valence electrons. The molecular weight excluding hydrogens is 869 g/mol. The van der Waals surface area contributed by atoms with E-state index in [2.05, 4.69) is 149 Å². The fourth-order valence-electron chi connectivity index (χ4n) is 20.4. The average molecular weight is 953 g/mol. The molecule has 14 atom stereocenters. The van der Waals surface area contributed by atoms with Crippen LogP contribution in [0.3, 0.4) is 0 Å². The maximum atomic E-state index is 13.7. The number of fused-ring (bicyclic) bond motifs is 5. The van der Waals surface area contributed by atoms with E-state index in [4.69, 9.17) is 0 Å². The maximum Gasteiger partial charge on any atom is 0.166 e. The van der Waals surface area contributed by atoms with E-state index in [0.29, 0.717) is 76.4 Å². The molecule has 0 heterocycles. The number of hydrogen-bond acceptors (Lipinski definition) is 4. The molecule has 0 saturated heterocycles. The van der Waals surface area contributed by atoms with E-state index in [-0.39, 0.29) is 43.3 Å². The lowest BCUT2D eigenvalue weighted by Crippen LogP contribution is -2.35. The van der Waals surface area contributed by atoms with Crippen LogP contribution in [0.15, 0.2) is 70.8 Å². The van der Waals surface area contributed by atoms with E-state index in [1.807, 2.05) is 0 Å². The normalized spacial score (nSPS) is 44.5. The van der Waals surface area contributed by atoms with Crippen molar-refractivity contribution in [3.8, 4) is 0 Å². The van der Waals surface area contributed by atoms with Crippen molar-refractivity contribution in [2.45, 2.75) is 172 Å². The van der Waals surface area contributed by atoms with Crippen molar-refractivity contribution >= 4 is 47.4 Å². The first kappa shape index (κ1) is 48.0. The molecule has 0 aromatic heterocycles. The summed E-state index contributed by atoms with van der Waals surface area (Å²) in [5.41, 5.74) is 9.28. The predicted molar refractivity (Wildman–Crippen MR) is 287 cm³/mol. The van der Waals surface area contributed by atoms with Gasteiger partial charge in [-0.15, -0.1) is 0 Å². The van der Waals surface area contributed by atoms with Gasteiger partial charge in [0.25, 0.3) is 0 Å². The molecule has 71 heavy (non-hydrogen) atoms. The van der Waals surface area contributed by atoms with Crippen LogP contribution in [0.1, 0.15) is 195 Å². The molecule has 4 heteroatoms. The van der Waals surface area contributed by atoms with Crippen molar-refractivity contribution < 1.29 is 19.2 Å². The summed E-state index contributed by atoms with van der Waals surface area (Å²) in [6.07, 6.45) is 25.7. The van der Waals surface area contributed by atoms with Gasteiger partial charge in [-0.25, -0.2) is 0 Å². The number of ketones is 4. The second-order valence-corrected chi connectivity index (χ2v) is 27.8. The largest absolute Gasteiger partial charge is 0.294 e. The van der Waals surface area contributed by atoms with Crippen LogP contribution in [0.2, 0.25) is 0 Å². The van der Waals surface area contributed by atoms with Gasteiger partial charge in [-0.3, -0.25) is 19.2 Å². The van der Waals surface area contributed by atoms with Crippen LogP contribution in [-0.2, 0) is 19.2 Å². The van der Waals surface area contributed by atoms with Crippen LogP contribution >= 0.6 is 0 Å². The van der Waals surface area contributed by atoms with E-state index in [0.717, 1.165) is 95.9 Å². The first-order valence-electron chi connectivity index (χ1n) is 29.0. The Kier molecular flexibility index (Phi) is 10.5. The second-order valence-electron chi connectivity index (χ2n) is 27.8. The SMILES string of the molecule is CC(C)CCCC12C(=O)/C(=C/c3ccc(/C=C4/C(=O)C5(CCCC(C)C)C6CC4C65C)cc3)C3CC1C32C.CCCC12CCC(/C(=C\c3ccc(/C=C4/C(=O)C5(CCC)C6CC4C65C)cc3)C1=O)C2(C)C. The van der Waals surface area contributed by atoms with E-state index >= 15 is 0 Å². The molecule has 0 spiro atoms. The highest BCUT2D eigenvalue weighted by Crippen LogP contribution is 2.92.